The molecule has 1 saturated heterocycles. The molecule has 0 amide bonds. The molecule has 0 radical (unpaired) electrons. The Bertz CT molecular complexity index is 228. The summed E-state index contributed by atoms with van der Waals surface area (Å²) in [6, 6.07) is 1.000. The van der Waals surface area contributed by atoms with Crippen molar-refractivity contribution in [3.63, 3.8) is 0 Å². The average Bonchev–Trinajstić information content (AvgIpc) is 3.00. The molecule has 1 saturated carbocycles. The van der Waals surface area contributed by atoms with Crippen molar-refractivity contribution in [2.45, 2.75) is 57.2 Å². The number of piperidine rings is 1. The van der Waals surface area contributed by atoms with Crippen molar-refractivity contribution in [3.05, 3.63) is 0 Å². The van der Waals surface area contributed by atoms with E-state index in [9.17, 15) is 5.11 Å². The lowest BCUT2D eigenvalue weighted by Crippen LogP contribution is -2.62. The molecule has 88 valence electrons. The van der Waals surface area contributed by atoms with Crippen molar-refractivity contribution in [3.8, 4) is 0 Å². The molecular formula is C12H24N2O. The van der Waals surface area contributed by atoms with Crippen LogP contribution in [0.4, 0.5) is 0 Å². The lowest BCUT2D eigenvalue weighted by atomic mass is 9.78. The van der Waals surface area contributed by atoms with Crippen LogP contribution in [0.3, 0.4) is 0 Å². The number of nitrogens with two attached hydrogens (primary N) is 1. The van der Waals surface area contributed by atoms with E-state index >= 15 is 0 Å². The molecule has 3 N–H and O–H groups in total. The number of nitrogens with zero attached hydrogens (tertiary/aromatic N) is 1. The first kappa shape index (κ1) is 11.4. The lowest BCUT2D eigenvalue weighted by Gasteiger charge is -2.49. The Labute approximate surface area is 92.6 Å². The second-order valence-electron chi connectivity index (χ2n) is 5.57. The fourth-order valence-electron chi connectivity index (χ4n) is 3.21. The van der Waals surface area contributed by atoms with Gasteiger partial charge in [-0.1, -0.05) is 13.8 Å². The summed E-state index contributed by atoms with van der Waals surface area (Å²) in [7, 11) is 0. The molecule has 3 heteroatoms. The van der Waals surface area contributed by atoms with Crippen LogP contribution in [-0.2, 0) is 0 Å². The standard InChI is InChI=1S/C12H24N2O/c1-9(2)11-12(15,8-13)6-3-7-14(11)10-4-5-10/h9-11,15H,3-8,13H2,1-2H3. The summed E-state index contributed by atoms with van der Waals surface area (Å²) in [5, 5.41) is 10.6. The first-order chi connectivity index (χ1) is 7.08. The van der Waals surface area contributed by atoms with E-state index in [1.54, 1.807) is 0 Å². The largest absolute Gasteiger partial charge is 0.387 e. The Balaban J connectivity index is 2.17. The van der Waals surface area contributed by atoms with Gasteiger partial charge in [-0.05, 0) is 38.1 Å². The zero-order valence-corrected chi connectivity index (χ0v) is 9.95. The molecule has 0 aromatic carbocycles. The van der Waals surface area contributed by atoms with Gasteiger partial charge in [0.25, 0.3) is 0 Å². The highest BCUT2D eigenvalue weighted by atomic mass is 16.3. The van der Waals surface area contributed by atoms with E-state index in [-0.39, 0.29) is 6.04 Å². The van der Waals surface area contributed by atoms with Crippen LogP contribution in [-0.4, -0.2) is 40.8 Å². The Morgan fingerprint density at radius 2 is 2.13 bits per heavy atom. The van der Waals surface area contributed by atoms with Crippen molar-refractivity contribution < 1.29 is 5.11 Å². The number of aliphatic hydroxyl groups is 1. The molecule has 1 aliphatic heterocycles. The summed E-state index contributed by atoms with van der Waals surface area (Å²) >= 11 is 0. The lowest BCUT2D eigenvalue weighted by molar-refractivity contribution is -0.0941. The van der Waals surface area contributed by atoms with Gasteiger partial charge < -0.3 is 10.8 Å². The van der Waals surface area contributed by atoms with Gasteiger partial charge in [-0.3, -0.25) is 4.90 Å². The Morgan fingerprint density at radius 1 is 1.47 bits per heavy atom. The van der Waals surface area contributed by atoms with Crippen LogP contribution < -0.4 is 5.73 Å². The van der Waals surface area contributed by atoms with Crippen LogP contribution in [0.1, 0.15) is 39.5 Å². The summed E-state index contributed by atoms with van der Waals surface area (Å²) in [5.41, 5.74) is 5.13. The van der Waals surface area contributed by atoms with Gasteiger partial charge >= 0.3 is 0 Å². The van der Waals surface area contributed by atoms with Crippen molar-refractivity contribution in [1.82, 2.24) is 4.90 Å². The zero-order chi connectivity index (χ0) is 11.1. The van der Waals surface area contributed by atoms with Gasteiger partial charge in [0, 0.05) is 18.6 Å². The second-order valence-corrected chi connectivity index (χ2v) is 5.57. The second kappa shape index (κ2) is 4.04. The van der Waals surface area contributed by atoms with Gasteiger partial charge in [0.05, 0.1) is 5.60 Å². The fraction of sp³-hybridized carbons (Fsp3) is 1.00. The maximum absolute atomic E-state index is 10.6. The third kappa shape index (κ3) is 2.05. The molecule has 0 bridgehead atoms. The van der Waals surface area contributed by atoms with Crippen LogP contribution in [0.5, 0.6) is 0 Å². The van der Waals surface area contributed by atoms with Gasteiger partial charge in [-0.25, -0.2) is 0 Å². The molecule has 15 heavy (non-hydrogen) atoms. The minimum absolute atomic E-state index is 0.267. The average molecular weight is 212 g/mol. The molecule has 3 nitrogen and oxygen atoms in total. The number of hydrogen-bond acceptors (Lipinski definition) is 3. The van der Waals surface area contributed by atoms with Crippen LogP contribution in [0, 0.1) is 5.92 Å². The minimum atomic E-state index is -0.644. The van der Waals surface area contributed by atoms with E-state index in [0.717, 1.165) is 25.4 Å². The van der Waals surface area contributed by atoms with Crippen LogP contribution >= 0.6 is 0 Å². The highest BCUT2D eigenvalue weighted by molar-refractivity contribution is 5.03. The molecule has 1 heterocycles. The number of likely N-dealkylation sites (tertiary alicyclic amines) is 1. The molecular weight excluding hydrogens is 188 g/mol. The summed E-state index contributed by atoms with van der Waals surface area (Å²) < 4.78 is 0. The predicted octanol–water partition coefficient (Wildman–Crippen LogP) is 0.959. The third-order valence-corrected chi connectivity index (χ3v) is 3.93. The highest BCUT2D eigenvalue weighted by Gasteiger charge is 2.47. The van der Waals surface area contributed by atoms with Gasteiger partial charge in [0.1, 0.15) is 0 Å². The number of rotatable bonds is 3. The monoisotopic (exact) mass is 212 g/mol. The number of hydrogen-bond donors (Lipinski definition) is 2. The summed E-state index contributed by atoms with van der Waals surface area (Å²) in [4.78, 5) is 2.51. The molecule has 0 aromatic heterocycles. The van der Waals surface area contributed by atoms with Crippen molar-refractivity contribution in [2.75, 3.05) is 13.1 Å². The maximum atomic E-state index is 10.6. The van der Waals surface area contributed by atoms with E-state index in [1.807, 2.05) is 0 Å². The first-order valence-corrected chi connectivity index (χ1v) is 6.26. The Kier molecular flexibility index (Phi) is 3.06. The van der Waals surface area contributed by atoms with Gasteiger partial charge in [0.15, 0.2) is 0 Å². The van der Waals surface area contributed by atoms with Crippen LogP contribution in [0.15, 0.2) is 0 Å². The molecule has 2 rings (SSSR count). The third-order valence-electron chi connectivity index (χ3n) is 3.93. The van der Waals surface area contributed by atoms with Crippen LogP contribution in [0.2, 0.25) is 0 Å². The summed E-state index contributed by atoms with van der Waals surface area (Å²) in [6.07, 6.45) is 4.58. The SMILES string of the molecule is CC(C)C1N(C2CC2)CCCC1(O)CN. The van der Waals surface area contributed by atoms with E-state index in [4.69, 9.17) is 5.73 Å². The minimum Gasteiger partial charge on any atom is -0.387 e. The molecule has 0 aromatic rings. The summed E-state index contributed by atoms with van der Waals surface area (Å²) in [5.74, 6) is 0.486. The quantitative estimate of drug-likeness (QED) is 0.732. The fourth-order valence-corrected chi connectivity index (χ4v) is 3.21. The van der Waals surface area contributed by atoms with Gasteiger partial charge in [-0.15, -0.1) is 0 Å². The molecule has 2 aliphatic rings. The Morgan fingerprint density at radius 3 is 2.60 bits per heavy atom. The molecule has 1 aliphatic carbocycles. The summed E-state index contributed by atoms with van der Waals surface area (Å²) in [6.45, 7) is 5.95. The van der Waals surface area contributed by atoms with E-state index < -0.39 is 5.60 Å². The Hall–Kier alpha value is -0.120. The normalized spacial score (nSPS) is 38.6. The smallest absolute Gasteiger partial charge is 0.0926 e. The topological polar surface area (TPSA) is 49.5 Å². The molecule has 2 atom stereocenters. The van der Waals surface area contributed by atoms with E-state index in [1.165, 1.54) is 12.8 Å². The molecule has 2 unspecified atom stereocenters. The highest BCUT2D eigenvalue weighted by Crippen LogP contribution is 2.39. The van der Waals surface area contributed by atoms with Crippen molar-refractivity contribution >= 4 is 0 Å². The van der Waals surface area contributed by atoms with Crippen molar-refractivity contribution in [2.24, 2.45) is 11.7 Å². The first-order valence-electron chi connectivity index (χ1n) is 6.26. The predicted molar refractivity (Wildman–Crippen MR) is 61.6 cm³/mol. The van der Waals surface area contributed by atoms with E-state index in [2.05, 4.69) is 18.7 Å². The maximum Gasteiger partial charge on any atom is 0.0926 e. The zero-order valence-electron chi connectivity index (χ0n) is 9.95. The van der Waals surface area contributed by atoms with Crippen molar-refractivity contribution in [1.29, 1.82) is 0 Å². The van der Waals surface area contributed by atoms with Gasteiger partial charge in [0.2, 0.25) is 0 Å². The molecule has 0 spiro atoms. The van der Waals surface area contributed by atoms with Crippen LogP contribution in [0.25, 0.3) is 0 Å². The molecule has 2 fully saturated rings. The van der Waals surface area contributed by atoms with Gasteiger partial charge in [-0.2, -0.15) is 0 Å². The van der Waals surface area contributed by atoms with E-state index in [0.29, 0.717) is 12.5 Å².